The van der Waals surface area contributed by atoms with Gasteiger partial charge in [-0.2, -0.15) is 30.0 Å². The minimum absolute atomic E-state index is 0.0183. The smallest absolute Gasteiger partial charge is 0.493 e. The van der Waals surface area contributed by atoms with E-state index in [1.807, 2.05) is 27.7 Å². The van der Waals surface area contributed by atoms with Crippen molar-refractivity contribution in [1.29, 1.82) is 0 Å². The molecule has 0 radical (unpaired) electrons. The van der Waals surface area contributed by atoms with E-state index < -0.39 is 53.2 Å². The Morgan fingerprint density at radius 2 is 1.21 bits per heavy atom. The zero-order valence-electron chi connectivity index (χ0n) is 32.0. The lowest BCUT2D eigenvalue weighted by Crippen LogP contribution is -2.42. The lowest BCUT2D eigenvalue weighted by molar-refractivity contribution is -0.129. The van der Waals surface area contributed by atoms with Crippen molar-refractivity contribution in [2.75, 3.05) is 19.0 Å². The van der Waals surface area contributed by atoms with E-state index in [4.69, 9.17) is 13.8 Å². The quantitative estimate of drug-likeness (QED) is 0.0723. The molecule has 4 aliphatic carbocycles. The SMILES string of the molecule is C/C(=N\OS(=O)(=O)CC12CCC(CC1=O)C2(C)C)c1ccc(OCCCOc2ccc(/C(CC34CCC(CC3=O)C4(C)C)=N/OS(=O)(=O)C(F)(F)F)cc2)cc1. The van der Waals surface area contributed by atoms with Crippen LogP contribution in [0.2, 0.25) is 0 Å². The first kappa shape index (κ1) is 41.6. The fourth-order valence-electron chi connectivity index (χ4n) is 9.37. The van der Waals surface area contributed by atoms with E-state index in [2.05, 4.69) is 14.6 Å². The Kier molecular flexibility index (Phi) is 11.0. The third-order valence-electron chi connectivity index (χ3n) is 13.3. The maximum atomic E-state index is 13.1. The molecule has 2 aromatic carbocycles. The van der Waals surface area contributed by atoms with Crippen molar-refractivity contribution in [2.24, 2.45) is 43.8 Å². The van der Waals surface area contributed by atoms with Gasteiger partial charge in [-0.3, -0.25) is 18.2 Å². The molecule has 0 amide bonds. The fraction of sp³-hybridized carbons (Fsp3) is 0.590. The number of hydrogen-bond donors (Lipinski definition) is 0. The summed E-state index contributed by atoms with van der Waals surface area (Å²) in [6.45, 7) is 9.98. The van der Waals surface area contributed by atoms with Crippen LogP contribution >= 0.6 is 0 Å². The Labute approximate surface area is 325 Å². The lowest BCUT2D eigenvalue weighted by Gasteiger charge is -2.36. The topological polar surface area (TPSA) is 164 Å². The Hall–Kier alpha value is -3.99. The van der Waals surface area contributed by atoms with Gasteiger partial charge < -0.3 is 9.47 Å². The predicted molar refractivity (Wildman–Crippen MR) is 200 cm³/mol. The summed E-state index contributed by atoms with van der Waals surface area (Å²) in [5, 5.41) is 7.32. The van der Waals surface area contributed by atoms with Gasteiger partial charge in [0.25, 0.3) is 0 Å². The summed E-state index contributed by atoms with van der Waals surface area (Å²) >= 11 is 0. The molecule has 12 nitrogen and oxygen atoms in total. The van der Waals surface area contributed by atoms with E-state index in [1.165, 1.54) is 12.1 Å². The van der Waals surface area contributed by atoms with E-state index in [0.717, 1.165) is 12.8 Å². The van der Waals surface area contributed by atoms with E-state index in [-0.39, 0.29) is 48.7 Å². The van der Waals surface area contributed by atoms with Crippen LogP contribution in [-0.4, -0.2) is 64.3 Å². The number of nitrogens with zero attached hydrogens (tertiary/aromatic N) is 2. The molecule has 4 unspecified atom stereocenters. The number of ether oxygens (including phenoxy) is 2. The molecular formula is C39H47F3N2O10S2. The van der Waals surface area contributed by atoms with Crippen molar-refractivity contribution in [3.63, 3.8) is 0 Å². The molecule has 0 aromatic heterocycles. The van der Waals surface area contributed by atoms with Gasteiger partial charge in [0.2, 0.25) is 0 Å². The summed E-state index contributed by atoms with van der Waals surface area (Å²) in [6, 6.07) is 13.0. The fourth-order valence-corrected chi connectivity index (χ4v) is 11.2. The minimum atomic E-state index is -6.01. The van der Waals surface area contributed by atoms with Crippen molar-refractivity contribution in [1.82, 2.24) is 0 Å². The van der Waals surface area contributed by atoms with Crippen LogP contribution in [0.15, 0.2) is 58.8 Å². The zero-order valence-corrected chi connectivity index (χ0v) is 33.6. The highest BCUT2D eigenvalue weighted by Gasteiger charge is 2.66. The number of benzene rings is 2. The van der Waals surface area contributed by atoms with Crippen LogP contribution in [-0.2, 0) is 38.4 Å². The molecule has 0 saturated heterocycles. The van der Waals surface area contributed by atoms with Gasteiger partial charge in [-0.15, -0.1) is 0 Å². The number of halogens is 3. The first-order valence-corrected chi connectivity index (χ1v) is 21.6. The molecule has 0 heterocycles. The average Bonchev–Trinajstić information content (AvgIpc) is 3.66. The standard InChI is InChI=1S/C39H47F3N2O10S2/c1-25(43-53-55(47,48)24-38-18-16-29(22-34(38)46)36(38,4)5)26-7-11-30(12-8-26)51-19-6-20-52-31-13-9-27(10-14-31)32(44-54-56(49,50)39(40,41)42)23-37-17-15-28(21-33(37)45)35(37,2)3/h7-14,28-29H,6,15-24H2,1-5H3/b43-25+,44-32+. The molecule has 4 atom stereocenters. The van der Waals surface area contributed by atoms with E-state index in [9.17, 15) is 39.6 Å². The number of carbonyl (C=O) groups is 2. The molecular weight excluding hydrogens is 778 g/mol. The molecule has 17 heteroatoms. The van der Waals surface area contributed by atoms with E-state index in [0.29, 0.717) is 60.4 Å². The van der Waals surface area contributed by atoms with Crippen molar-refractivity contribution < 1.29 is 57.6 Å². The van der Waals surface area contributed by atoms with Gasteiger partial charge in [0.15, 0.2) is 0 Å². The van der Waals surface area contributed by atoms with Crippen LogP contribution in [0.5, 0.6) is 11.5 Å². The Morgan fingerprint density at radius 3 is 1.66 bits per heavy atom. The molecule has 0 N–H and O–H groups in total. The molecule has 4 fully saturated rings. The highest BCUT2D eigenvalue weighted by atomic mass is 32.2. The summed E-state index contributed by atoms with van der Waals surface area (Å²) < 4.78 is 109. The highest BCUT2D eigenvalue weighted by molar-refractivity contribution is 7.87. The average molecular weight is 825 g/mol. The largest absolute Gasteiger partial charge is 0.536 e. The second-order valence-corrected chi connectivity index (χ2v) is 19.6. The molecule has 4 aliphatic rings. The monoisotopic (exact) mass is 824 g/mol. The summed E-state index contributed by atoms with van der Waals surface area (Å²) in [4.78, 5) is 25.9. The van der Waals surface area contributed by atoms with Gasteiger partial charge >= 0.3 is 25.7 Å². The molecule has 4 bridgehead atoms. The minimum Gasteiger partial charge on any atom is -0.493 e. The molecule has 2 aromatic rings. The van der Waals surface area contributed by atoms with Crippen LogP contribution < -0.4 is 9.47 Å². The van der Waals surface area contributed by atoms with Crippen LogP contribution in [0, 0.1) is 33.5 Å². The van der Waals surface area contributed by atoms with E-state index >= 15 is 0 Å². The van der Waals surface area contributed by atoms with Crippen LogP contribution in [0.25, 0.3) is 0 Å². The second-order valence-electron chi connectivity index (χ2n) is 16.6. The van der Waals surface area contributed by atoms with Crippen LogP contribution in [0.4, 0.5) is 13.2 Å². The Balaban J connectivity index is 1.000. The van der Waals surface area contributed by atoms with Crippen molar-refractivity contribution in [3.8, 4) is 11.5 Å². The number of oxime groups is 2. The number of rotatable bonds is 16. The molecule has 0 spiro atoms. The normalized spacial score (nSPS) is 27.1. The number of hydrogen-bond acceptors (Lipinski definition) is 12. The zero-order chi connectivity index (χ0) is 41.0. The summed E-state index contributed by atoms with van der Waals surface area (Å²) in [7, 11) is -10.1. The predicted octanol–water partition coefficient (Wildman–Crippen LogP) is 7.36. The lowest BCUT2D eigenvalue weighted by atomic mass is 9.65. The first-order valence-electron chi connectivity index (χ1n) is 18.6. The third-order valence-corrected chi connectivity index (χ3v) is 15.3. The first-order chi connectivity index (χ1) is 26.0. The second kappa shape index (κ2) is 14.7. The molecule has 4 saturated carbocycles. The Morgan fingerprint density at radius 1 is 0.732 bits per heavy atom. The molecule has 6 rings (SSSR count). The number of alkyl halides is 3. The van der Waals surface area contributed by atoms with Crippen molar-refractivity contribution in [2.45, 2.75) is 91.5 Å². The number of carbonyl (C=O) groups excluding carboxylic acids is 2. The maximum Gasteiger partial charge on any atom is 0.536 e. The third kappa shape index (κ3) is 7.57. The molecule has 306 valence electrons. The molecule has 56 heavy (non-hydrogen) atoms. The number of ketones is 2. The van der Waals surface area contributed by atoms with Crippen molar-refractivity contribution >= 4 is 43.2 Å². The summed E-state index contributed by atoms with van der Waals surface area (Å²) in [5.41, 5.74) is -7.24. The van der Waals surface area contributed by atoms with Crippen molar-refractivity contribution in [3.05, 3.63) is 59.7 Å². The summed E-state index contributed by atoms with van der Waals surface area (Å²) in [6.07, 6.45) is 3.80. The Bertz CT molecular complexity index is 2130. The molecule has 0 aliphatic heterocycles. The van der Waals surface area contributed by atoms with Gasteiger partial charge in [-0.05, 0) is 115 Å². The highest BCUT2D eigenvalue weighted by Crippen LogP contribution is 2.66. The maximum absolute atomic E-state index is 13.1. The van der Waals surface area contributed by atoms with Crippen LogP contribution in [0.1, 0.15) is 97.1 Å². The van der Waals surface area contributed by atoms with E-state index in [1.54, 1.807) is 43.3 Å². The van der Waals surface area contributed by atoms with Gasteiger partial charge in [-0.25, -0.2) is 0 Å². The van der Waals surface area contributed by atoms with Gasteiger partial charge in [0.05, 0.1) is 30.1 Å². The van der Waals surface area contributed by atoms with Crippen LogP contribution in [0.3, 0.4) is 0 Å². The van der Waals surface area contributed by atoms with Gasteiger partial charge in [-0.1, -0.05) is 38.0 Å². The van der Waals surface area contributed by atoms with Gasteiger partial charge in [0, 0.05) is 31.1 Å². The number of fused-ring (bicyclic) bond motifs is 4. The summed E-state index contributed by atoms with van der Waals surface area (Å²) in [5.74, 6) is 0.858. The number of Topliss-reactive ketones (excluding diaryl/α,β-unsaturated/α-hetero) is 2. The van der Waals surface area contributed by atoms with Gasteiger partial charge in [0.1, 0.15) is 28.8 Å².